The van der Waals surface area contributed by atoms with Gasteiger partial charge in [-0.05, 0) is 32.1 Å². The lowest BCUT2D eigenvalue weighted by Crippen LogP contribution is -2.37. The van der Waals surface area contributed by atoms with Gasteiger partial charge in [-0.25, -0.2) is 0 Å². The Morgan fingerprint density at radius 3 is 2.56 bits per heavy atom. The molecule has 2 N–H and O–H groups in total. The van der Waals surface area contributed by atoms with Gasteiger partial charge >= 0.3 is 0 Å². The molecule has 0 aromatic heterocycles. The van der Waals surface area contributed by atoms with Crippen LogP contribution in [0.25, 0.3) is 0 Å². The third-order valence-electron chi connectivity index (χ3n) is 2.62. The first-order valence-electron chi connectivity index (χ1n) is 6.39. The molecule has 1 saturated carbocycles. The molecule has 16 heavy (non-hydrogen) atoms. The van der Waals surface area contributed by atoms with Crippen molar-refractivity contribution in [1.29, 1.82) is 0 Å². The molecule has 0 aromatic rings. The minimum absolute atomic E-state index is 0. The average Bonchev–Trinajstić information content (AvgIpc) is 3.04. The second kappa shape index (κ2) is 10.2. The fraction of sp³-hybridized carbons (Fsp3) is 0.917. The van der Waals surface area contributed by atoms with E-state index in [0.717, 1.165) is 37.9 Å². The monoisotopic (exact) mass is 339 g/mol. The van der Waals surface area contributed by atoms with Crippen molar-refractivity contribution in [2.45, 2.75) is 46.0 Å². The van der Waals surface area contributed by atoms with Gasteiger partial charge in [0.05, 0.1) is 0 Å². The van der Waals surface area contributed by atoms with Crippen molar-refractivity contribution >= 4 is 29.9 Å². The van der Waals surface area contributed by atoms with Crippen LogP contribution in [-0.4, -0.2) is 25.6 Å². The van der Waals surface area contributed by atoms with E-state index in [4.69, 9.17) is 0 Å². The van der Waals surface area contributed by atoms with Crippen LogP contribution in [-0.2, 0) is 0 Å². The predicted octanol–water partition coefficient (Wildman–Crippen LogP) is 2.76. The minimum atomic E-state index is 0. The minimum Gasteiger partial charge on any atom is -0.357 e. The summed E-state index contributed by atoms with van der Waals surface area (Å²) >= 11 is 0. The normalized spacial score (nSPS) is 15.5. The van der Waals surface area contributed by atoms with E-state index in [0.29, 0.717) is 0 Å². The summed E-state index contributed by atoms with van der Waals surface area (Å²) in [5, 5.41) is 6.64. The molecule has 1 aliphatic carbocycles. The molecule has 0 saturated heterocycles. The Morgan fingerprint density at radius 2 is 2.00 bits per heavy atom. The Balaban J connectivity index is 0.00000225. The van der Waals surface area contributed by atoms with Crippen LogP contribution in [0.1, 0.15) is 46.0 Å². The highest BCUT2D eigenvalue weighted by molar-refractivity contribution is 14.0. The molecule has 0 aromatic carbocycles. The molecule has 4 heteroatoms. The van der Waals surface area contributed by atoms with Gasteiger partial charge in [0.15, 0.2) is 5.96 Å². The zero-order chi connectivity index (χ0) is 10.9. The molecule has 1 aliphatic rings. The predicted molar refractivity (Wildman–Crippen MR) is 81.6 cm³/mol. The highest BCUT2D eigenvalue weighted by Crippen LogP contribution is 2.33. The second-order valence-electron chi connectivity index (χ2n) is 4.27. The Kier molecular flexibility index (Phi) is 10.2. The van der Waals surface area contributed by atoms with Crippen LogP contribution in [0.5, 0.6) is 0 Å². The van der Waals surface area contributed by atoms with E-state index in [9.17, 15) is 0 Å². The molecule has 0 unspecified atom stereocenters. The summed E-state index contributed by atoms with van der Waals surface area (Å²) in [6, 6.07) is 0. The molecular formula is C12H26IN3. The van der Waals surface area contributed by atoms with Gasteiger partial charge in [-0.3, -0.25) is 4.99 Å². The Hall–Kier alpha value is 0. The molecule has 1 fully saturated rings. The van der Waals surface area contributed by atoms with E-state index in [1.807, 2.05) is 0 Å². The number of nitrogens with zero attached hydrogens (tertiary/aromatic N) is 1. The largest absolute Gasteiger partial charge is 0.357 e. The van der Waals surface area contributed by atoms with Gasteiger partial charge in [0.2, 0.25) is 0 Å². The molecule has 0 heterocycles. The number of rotatable bonds is 7. The number of aliphatic imine (C=N–C) groups is 1. The fourth-order valence-corrected chi connectivity index (χ4v) is 1.57. The lowest BCUT2D eigenvalue weighted by molar-refractivity contribution is 0.644. The first kappa shape index (κ1) is 16.0. The van der Waals surface area contributed by atoms with Gasteiger partial charge in [-0.15, -0.1) is 24.0 Å². The van der Waals surface area contributed by atoms with Gasteiger partial charge < -0.3 is 10.6 Å². The quantitative estimate of drug-likeness (QED) is 0.324. The van der Waals surface area contributed by atoms with Crippen LogP contribution in [0.2, 0.25) is 0 Å². The van der Waals surface area contributed by atoms with Crippen LogP contribution < -0.4 is 10.6 Å². The molecule has 0 amide bonds. The third kappa shape index (κ3) is 8.19. The standard InChI is InChI=1S/C12H25N3.HI/c1-3-9-14-12(13-4-2)15-10-5-6-11-7-8-11;/h11H,3-10H2,1-2H3,(H2,13,14,15);1H. The van der Waals surface area contributed by atoms with Gasteiger partial charge in [0.1, 0.15) is 0 Å². The van der Waals surface area contributed by atoms with Crippen molar-refractivity contribution in [1.82, 2.24) is 10.6 Å². The summed E-state index contributed by atoms with van der Waals surface area (Å²) in [5.41, 5.74) is 0. The van der Waals surface area contributed by atoms with Crippen molar-refractivity contribution in [3.63, 3.8) is 0 Å². The summed E-state index contributed by atoms with van der Waals surface area (Å²) in [6.07, 6.45) is 6.70. The molecule has 96 valence electrons. The number of halogens is 1. The van der Waals surface area contributed by atoms with Gasteiger partial charge in [0, 0.05) is 19.6 Å². The molecule has 3 nitrogen and oxygen atoms in total. The molecule has 1 rings (SSSR count). The summed E-state index contributed by atoms with van der Waals surface area (Å²) in [7, 11) is 0. The summed E-state index contributed by atoms with van der Waals surface area (Å²) in [4.78, 5) is 4.46. The molecule has 0 aliphatic heterocycles. The topological polar surface area (TPSA) is 36.4 Å². The maximum atomic E-state index is 4.46. The average molecular weight is 339 g/mol. The number of guanidine groups is 1. The van der Waals surface area contributed by atoms with Crippen LogP contribution in [0, 0.1) is 5.92 Å². The zero-order valence-electron chi connectivity index (χ0n) is 10.6. The first-order chi connectivity index (χ1) is 7.36. The summed E-state index contributed by atoms with van der Waals surface area (Å²) < 4.78 is 0. The van der Waals surface area contributed by atoms with Crippen molar-refractivity contribution in [3.8, 4) is 0 Å². The maximum absolute atomic E-state index is 4.46. The Bertz CT molecular complexity index is 191. The number of hydrogen-bond donors (Lipinski definition) is 2. The lowest BCUT2D eigenvalue weighted by atomic mass is 10.2. The molecule has 0 radical (unpaired) electrons. The van der Waals surface area contributed by atoms with Crippen LogP contribution in [0.3, 0.4) is 0 Å². The van der Waals surface area contributed by atoms with E-state index in [1.54, 1.807) is 0 Å². The summed E-state index contributed by atoms with van der Waals surface area (Å²) in [6.45, 7) is 7.18. The molecule has 0 atom stereocenters. The Labute approximate surface area is 117 Å². The van der Waals surface area contributed by atoms with Crippen molar-refractivity contribution in [3.05, 3.63) is 0 Å². The van der Waals surface area contributed by atoms with E-state index in [1.165, 1.54) is 25.7 Å². The number of hydrogen-bond acceptors (Lipinski definition) is 1. The van der Waals surface area contributed by atoms with E-state index >= 15 is 0 Å². The van der Waals surface area contributed by atoms with Gasteiger partial charge in [-0.2, -0.15) is 0 Å². The van der Waals surface area contributed by atoms with Crippen LogP contribution >= 0.6 is 24.0 Å². The smallest absolute Gasteiger partial charge is 0.191 e. The fourth-order valence-electron chi connectivity index (χ4n) is 1.57. The first-order valence-corrected chi connectivity index (χ1v) is 6.39. The van der Waals surface area contributed by atoms with E-state index in [2.05, 4.69) is 29.5 Å². The van der Waals surface area contributed by atoms with Crippen LogP contribution in [0.4, 0.5) is 0 Å². The maximum Gasteiger partial charge on any atom is 0.191 e. The third-order valence-corrected chi connectivity index (χ3v) is 2.62. The van der Waals surface area contributed by atoms with Gasteiger partial charge in [0.25, 0.3) is 0 Å². The van der Waals surface area contributed by atoms with Crippen LogP contribution in [0.15, 0.2) is 4.99 Å². The number of nitrogens with one attached hydrogen (secondary N) is 2. The second-order valence-corrected chi connectivity index (χ2v) is 4.27. The summed E-state index contributed by atoms with van der Waals surface area (Å²) in [5.74, 6) is 2.03. The highest BCUT2D eigenvalue weighted by Gasteiger charge is 2.19. The highest BCUT2D eigenvalue weighted by atomic mass is 127. The van der Waals surface area contributed by atoms with E-state index < -0.39 is 0 Å². The van der Waals surface area contributed by atoms with Gasteiger partial charge in [-0.1, -0.05) is 19.8 Å². The molecular weight excluding hydrogens is 313 g/mol. The SMILES string of the molecule is CCCN=C(NCC)NCCCC1CC1.I. The van der Waals surface area contributed by atoms with Crippen molar-refractivity contribution in [2.75, 3.05) is 19.6 Å². The van der Waals surface area contributed by atoms with Crippen molar-refractivity contribution < 1.29 is 0 Å². The molecule has 0 spiro atoms. The zero-order valence-corrected chi connectivity index (χ0v) is 12.9. The lowest BCUT2D eigenvalue weighted by Gasteiger charge is -2.10. The van der Waals surface area contributed by atoms with E-state index in [-0.39, 0.29) is 24.0 Å². The molecule has 0 bridgehead atoms. The Morgan fingerprint density at radius 1 is 1.25 bits per heavy atom. The van der Waals surface area contributed by atoms with Crippen molar-refractivity contribution in [2.24, 2.45) is 10.9 Å².